The molecule has 4 heterocycles. The Morgan fingerprint density at radius 1 is 0.694 bits per heavy atom. The molecule has 2 aromatic heterocycles. The van der Waals surface area contributed by atoms with Gasteiger partial charge in [-0.25, -0.2) is 0 Å². The maximum Gasteiger partial charge on any atom is 0.263 e. The van der Waals surface area contributed by atoms with Crippen molar-refractivity contribution in [2.45, 2.75) is 25.7 Å². The number of likely N-dealkylation sites (tertiary alicyclic amines) is 2. The molecule has 36 heavy (non-hydrogen) atoms. The average Bonchev–Trinajstić information content (AvgIpc) is 3.70. The van der Waals surface area contributed by atoms with E-state index in [1.165, 1.54) is 25.7 Å². The Labute approximate surface area is 210 Å². The number of hydrogen-bond acceptors (Lipinski definition) is 7. The summed E-state index contributed by atoms with van der Waals surface area (Å²) in [6.45, 7) is 7.51. The third-order valence-corrected chi connectivity index (χ3v) is 7.19. The van der Waals surface area contributed by atoms with E-state index in [1.807, 2.05) is 36.4 Å². The van der Waals surface area contributed by atoms with Gasteiger partial charge in [-0.05, 0) is 76.1 Å². The van der Waals surface area contributed by atoms with Gasteiger partial charge in [-0.15, -0.1) is 0 Å². The van der Waals surface area contributed by atoms with Crippen molar-refractivity contribution >= 4 is 27.7 Å². The van der Waals surface area contributed by atoms with Crippen LogP contribution in [0.5, 0.6) is 11.5 Å². The molecule has 0 N–H and O–H groups in total. The average molecular weight is 489 g/mol. The van der Waals surface area contributed by atoms with E-state index in [2.05, 4.69) is 9.80 Å². The monoisotopic (exact) mass is 488 g/mol. The Bertz CT molecular complexity index is 1240. The van der Waals surface area contributed by atoms with Crippen molar-refractivity contribution in [1.82, 2.24) is 9.80 Å². The first kappa shape index (κ1) is 23.1. The van der Waals surface area contributed by atoms with Gasteiger partial charge in [-0.1, -0.05) is 24.3 Å². The number of furan rings is 2. The Hall–Kier alpha value is -3.29. The van der Waals surface area contributed by atoms with Crippen molar-refractivity contribution in [1.29, 1.82) is 0 Å². The van der Waals surface area contributed by atoms with E-state index in [0.29, 0.717) is 35.9 Å². The van der Waals surface area contributed by atoms with Crippen molar-refractivity contribution in [3.8, 4) is 11.5 Å². The minimum Gasteiger partial charge on any atom is -0.488 e. The molecule has 2 saturated heterocycles. The molecule has 0 unspecified atom stereocenters. The van der Waals surface area contributed by atoms with Gasteiger partial charge >= 0.3 is 0 Å². The normalized spacial score (nSPS) is 16.9. The summed E-state index contributed by atoms with van der Waals surface area (Å²) >= 11 is 0. The summed E-state index contributed by atoms with van der Waals surface area (Å²) in [5.74, 6) is 1.48. The van der Waals surface area contributed by atoms with Gasteiger partial charge in [0.25, 0.3) is 5.78 Å². The number of rotatable bonds is 10. The van der Waals surface area contributed by atoms with Crippen LogP contribution >= 0.6 is 0 Å². The van der Waals surface area contributed by atoms with Crippen LogP contribution in [-0.2, 0) is 0 Å². The topological polar surface area (TPSA) is 68.3 Å². The highest BCUT2D eigenvalue weighted by Crippen LogP contribution is 2.33. The van der Waals surface area contributed by atoms with Crippen LogP contribution in [0.15, 0.2) is 57.4 Å². The molecule has 7 heteroatoms. The maximum absolute atomic E-state index is 13.3. The van der Waals surface area contributed by atoms with E-state index in [1.54, 1.807) is 12.1 Å². The number of carbonyl (C=O) groups excluding carboxylic acids is 1. The molecule has 0 spiro atoms. The lowest BCUT2D eigenvalue weighted by molar-refractivity contribution is 0.0987. The van der Waals surface area contributed by atoms with Gasteiger partial charge in [-0.3, -0.25) is 14.6 Å². The fourth-order valence-corrected chi connectivity index (χ4v) is 5.23. The van der Waals surface area contributed by atoms with Gasteiger partial charge < -0.3 is 18.3 Å². The molecule has 4 aromatic rings. The van der Waals surface area contributed by atoms with E-state index < -0.39 is 0 Å². The lowest BCUT2D eigenvalue weighted by Gasteiger charge is -2.14. The van der Waals surface area contributed by atoms with E-state index in [9.17, 15) is 4.79 Å². The van der Waals surface area contributed by atoms with E-state index in [-0.39, 0.29) is 17.3 Å². The number of nitrogens with zero attached hydrogens (tertiary/aromatic N) is 2. The summed E-state index contributed by atoms with van der Waals surface area (Å²) in [6.07, 6.45) is 5.03. The van der Waals surface area contributed by atoms with Crippen molar-refractivity contribution in [3.05, 3.63) is 60.1 Å². The molecular weight excluding hydrogens is 456 g/mol. The Kier molecular flexibility index (Phi) is 6.66. The second-order valence-corrected chi connectivity index (χ2v) is 9.69. The van der Waals surface area contributed by atoms with Gasteiger partial charge in [0.05, 0.1) is 0 Å². The summed E-state index contributed by atoms with van der Waals surface area (Å²) in [7, 11) is 0. The molecule has 0 radical (unpaired) electrons. The third kappa shape index (κ3) is 4.86. The Balaban J connectivity index is 1.17. The van der Waals surface area contributed by atoms with E-state index >= 15 is 0 Å². The highest BCUT2D eigenvalue weighted by molar-refractivity contribution is 6.09. The first-order valence-electron chi connectivity index (χ1n) is 13.0. The summed E-state index contributed by atoms with van der Waals surface area (Å²) in [5.41, 5.74) is 1.17. The molecule has 2 fully saturated rings. The van der Waals surface area contributed by atoms with Crippen molar-refractivity contribution in [2.75, 3.05) is 52.5 Å². The highest BCUT2D eigenvalue weighted by atomic mass is 16.5. The fourth-order valence-electron chi connectivity index (χ4n) is 5.23. The van der Waals surface area contributed by atoms with E-state index in [4.69, 9.17) is 18.3 Å². The Morgan fingerprint density at radius 2 is 1.14 bits per heavy atom. The molecule has 2 aliphatic rings. The zero-order chi connectivity index (χ0) is 24.3. The zero-order valence-corrected chi connectivity index (χ0v) is 20.5. The summed E-state index contributed by atoms with van der Waals surface area (Å²) in [6, 6.07) is 15.0. The molecule has 0 saturated carbocycles. The summed E-state index contributed by atoms with van der Waals surface area (Å²) in [4.78, 5) is 18.1. The van der Waals surface area contributed by atoms with Crippen molar-refractivity contribution in [3.63, 3.8) is 0 Å². The molecule has 0 atom stereocenters. The van der Waals surface area contributed by atoms with Crippen LogP contribution in [0, 0.1) is 0 Å². The quantitative estimate of drug-likeness (QED) is 0.278. The standard InChI is InChI=1S/C29H32N2O5/c32-27(25-19-21-7-5-9-23(28(21)35-25)33-17-15-30-11-1-2-12-30)26-20-22-8-6-10-24(29(22)36-26)34-18-16-31-13-3-4-14-31/h5-10,19-20H,1-4,11-18H2. The first-order chi connectivity index (χ1) is 17.7. The van der Waals surface area contributed by atoms with Crippen LogP contribution in [-0.4, -0.2) is 68.1 Å². The number of ketones is 1. The number of fused-ring (bicyclic) bond motifs is 2. The Morgan fingerprint density at radius 3 is 1.58 bits per heavy atom. The predicted molar refractivity (Wildman–Crippen MR) is 138 cm³/mol. The molecule has 6 rings (SSSR count). The number of para-hydroxylation sites is 2. The predicted octanol–water partition coefficient (Wildman–Crippen LogP) is 5.36. The molecule has 0 aliphatic carbocycles. The molecule has 188 valence electrons. The molecule has 0 amide bonds. The first-order valence-corrected chi connectivity index (χ1v) is 13.0. The SMILES string of the molecule is O=C(c1cc2cccc(OCCN3CCCC3)c2o1)c1cc2cccc(OCCN3CCCC3)c2o1. The van der Waals surface area contributed by atoms with Gasteiger partial charge in [0, 0.05) is 23.9 Å². The number of carbonyl (C=O) groups is 1. The highest BCUT2D eigenvalue weighted by Gasteiger charge is 2.22. The summed E-state index contributed by atoms with van der Waals surface area (Å²) < 4.78 is 24.1. The van der Waals surface area contributed by atoms with Gasteiger partial charge in [0.15, 0.2) is 34.2 Å². The third-order valence-electron chi connectivity index (χ3n) is 7.19. The maximum atomic E-state index is 13.3. The molecule has 2 aliphatic heterocycles. The molecule has 0 bridgehead atoms. The lowest BCUT2D eigenvalue weighted by atomic mass is 10.2. The number of ether oxygens (including phenoxy) is 2. The van der Waals surface area contributed by atoms with E-state index in [0.717, 1.165) is 50.0 Å². The van der Waals surface area contributed by atoms with Gasteiger partial charge in [0.1, 0.15) is 13.2 Å². The zero-order valence-electron chi connectivity index (χ0n) is 20.5. The van der Waals surface area contributed by atoms with Crippen LogP contribution < -0.4 is 9.47 Å². The number of hydrogen-bond donors (Lipinski definition) is 0. The molecule has 7 nitrogen and oxygen atoms in total. The van der Waals surface area contributed by atoms with Crippen LogP contribution in [0.4, 0.5) is 0 Å². The van der Waals surface area contributed by atoms with Gasteiger partial charge in [0.2, 0.25) is 0 Å². The second-order valence-electron chi connectivity index (χ2n) is 9.69. The van der Waals surface area contributed by atoms with Crippen molar-refractivity contribution < 1.29 is 23.1 Å². The second kappa shape index (κ2) is 10.4. The van der Waals surface area contributed by atoms with Crippen LogP contribution in [0.3, 0.4) is 0 Å². The minimum atomic E-state index is -0.298. The fraction of sp³-hybridized carbons (Fsp3) is 0.414. The smallest absolute Gasteiger partial charge is 0.263 e. The molecular formula is C29H32N2O5. The van der Waals surface area contributed by atoms with Crippen LogP contribution in [0.1, 0.15) is 42.0 Å². The lowest BCUT2D eigenvalue weighted by Crippen LogP contribution is -2.25. The van der Waals surface area contributed by atoms with Gasteiger partial charge in [-0.2, -0.15) is 0 Å². The van der Waals surface area contributed by atoms with Crippen LogP contribution in [0.2, 0.25) is 0 Å². The molecule has 2 aromatic carbocycles. The number of benzene rings is 2. The minimum absolute atomic E-state index is 0.233. The summed E-state index contributed by atoms with van der Waals surface area (Å²) in [5, 5.41) is 1.66. The largest absolute Gasteiger partial charge is 0.488 e. The van der Waals surface area contributed by atoms with Crippen molar-refractivity contribution in [2.24, 2.45) is 0 Å². The van der Waals surface area contributed by atoms with Crippen LogP contribution in [0.25, 0.3) is 21.9 Å².